The fourth-order valence-electron chi connectivity index (χ4n) is 1.94. The number of rotatable bonds is 3. The van der Waals surface area contributed by atoms with E-state index in [-0.39, 0.29) is 17.2 Å². The maximum atomic E-state index is 12.3. The maximum absolute atomic E-state index is 12.3. The molecule has 0 saturated heterocycles. The van der Waals surface area contributed by atoms with Crippen LogP contribution in [-0.2, 0) is 4.79 Å². The molecule has 0 spiro atoms. The van der Waals surface area contributed by atoms with Crippen LogP contribution in [0.4, 0.5) is 5.69 Å². The summed E-state index contributed by atoms with van der Waals surface area (Å²) in [5.74, 6) is -0.185. The Hall–Kier alpha value is -1.84. The molecule has 0 aromatic heterocycles. The van der Waals surface area contributed by atoms with Gasteiger partial charge in [-0.25, -0.2) is 0 Å². The molecule has 0 fully saturated rings. The first-order valence-electron chi connectivity index (χ1n) is 6.32. The fourth-order valence-corrected chi connectivity index (χ4v) is 1.94. The van der Waals surface area contributed by atoms with Crippen molar-refractivity contribution in [2.24, 2.45) is 5.41 Å². The first-order valence-corrected chi connectivity index (χ1v) is 6.32. The predicted molar refractivity (Wildman–Crippen MR) is 77.2 cm³/mol. The molecule has 1 aromatic carbocycles. The highest BCUT2D eigenvalue weighted by molar-refractivity contribution is 5.96. The number of benzene rings is 1. The minimum Gasteiger partial charge on any atom is -0.341 e. The van der Waals surface area contributed by atoms with Crippen LogP contribution < -0.4 is 5.32 Å². The van der Waals surface area contributed by atoms with Gasteiger partial charge >= 0.3 is 0 Å². The average Bonchev–Trinajstić information content (AvgIpc) is 2.25. The molecular formula is C15H22N2O2. The van der Waals surface area contributed by atoms with Gasteiger partial charge < -0.3 is 10.2 Å². The van der Waals surface area contributed by atoms with Crippen molar-refractivity contribution in [3.05, 3.63) is 29.8 Å². The Balaban J connectivity index is 2.85. The molecule has 104 valence electrons. The molecule has 0 aliphatic rings. The highest BCUT2D eigenvalue weighted by atomic mass is 16.2. The predicted octanol–water partition coefficient (Wildman–Crippen LogP) is 2.76. The summed E-state index contributed by atoms with van der Waals surface area (Å²) < 4.78 is 0. The first kappa shape index (κ1) is 15.2. The van der Waals surface area contributed by atoms with Gasteiger partial charge in [-0.2, -0.15) is 0 Å². The number of hydrogen-bond donors (Lipinski definition) is 1. The van der Waals surface area contributed by atoms with Crippen LogP contribution in [0.25, 0.3) is 0 Å². The number of carbonyl (C=O) groups excluding carboxylic acids is 2. The van der Waals surface area contributed by atoms with E-state index in [1.165, 1.54) is 6.92 Å². The Morgan fingerprint density at radius 3 is 2.42 bits per heavy atom. The van der Waals surface area contributed by atoms with Crippen molar-refractivity contribution in [3.8, 4) is 0 Å². The molecule has 4 heteroatoms. The third-order valence-electron chi connectivity index (χ3n) is 2.49. The molecule has 0 radical (unpaired) electrons. The summed E-state index contributed by atoms with van der Waals surface area (Å²) >= 11 is 0. The van der Waals surface area contributed by atoms with E-state index in [1.807, 2.05) is 0 Å². The molecule has 0 aliphatic carbocycles. The molecular weight excluding hydrogens is 240 g/mol. The van der Waals surface area contributed by atoms with E-state index in [1.54, 1.807) is 36.2 Å². The second-order valence-corrected chi connectivity index (χ2v) is 5.98. The average molecular weight is 262 g/mol. The van der Waals surface area contributed by atoms with Crippen molar-refractivity contribution >= 4 is 17.5 Å². The highest BCUT2D eigenvalue weighted by Gasteiger charge is 2.19. The topological polar surface area (TPSA) is 49.4 Å². The van der Waals surface area contributed by atoms with E-state index in [0.717, 1.165) is 0 Å². The van der Waals surface area contributed by atoms with E-state index < -0.39 is 0 Å². The molecule has 4 nitrogen and oxygen atoms in total. The van der Waals surface area contributed by atoms with Gasteiger partial charge in [0.25, 0.3) is 5.91 Å². The van der Waals surface area contributed by atoms with Gasteiger partial charge in [-0.3, -0.25) is 9.59 Å². The summed E-state index contributed by atoms with van der Waals surface area (Å²) in [6.45, 7) is 8.38. The molecule has 0 unspecified atom stereocenters. The van der Waals surface area contributed by atoms with Crippen molar-refractivity contribution in [1.82, 2.24) is 4.90 Å². The van der Waals surface area contributed by atoms with Gasteiger partial charge in [0, 0.05) is 31.8 Å². The zero-order chi connectivity index (χ0) is 14.6. The van der Waals surface area contributed by atoms with Gasteiger partial charge in [-0.05, 0) is 23.6 Å². The SMILES string of the molecule is CC(=O)Nc1cccc(C(=O)N(C)CC(C)(C)C)c1. The summed E-state index contributed by atoms with van der Waals surface area (Å²) in [6, 6.07) is 6.99. The van der Waals surface area contributed by atoms with Crippen LogP contribution in [-0.4, -0.2) is 30.3 Å². The minimum absolute atomic E-state index is 0.0397. The Morgan fingerprint density at radius 1 is 1.26 bits per heavy atom. The Kier molecular flexibility index (Phi) is 4.70. The summed E-state index contributed by atoms with van der Waals surface area (Å²) in [7, 11) is 1.79. The third-order valence-corrected chi connectivity index (χ3v) is 2.49. The van der Waals surface area contributed by atoms with Crippen molar-refractivity contribution in [1.29, 1.82) is 0 Å². The lowest BCUT2D eigenvalue weighted by molar-refractivity contribution is -0.114. The van der Waals surface area contributed by atoms with E-state index in [2.05, 4.69) is 26.1 Å². The van der Waals surface area contributed by atoms with E-state index in [4.69, 9.17) is 0 Å². The normalized spacial score (nSPS) is 11.0. The largest absolute Gasteiger partial charge is 0.341 e. The van der Waals surface area contributed by atoms with Crippen LogP contribution in [0.15, 0.2) is 24.3 Å². The quantitative estimate of drug-likeness (QED) is 0.910. The van der Waals surface area contributed by atoms with Crippen molar-refractivity contribution in [2.75, 3.05) is 18.9 Å². The number of carbonyl (C=O) groups is 2. The highest BCUT2D eigenvalue weighted by Crippen LogP contribution is 2.17. The van der Waals surface area contributed by atoms with Crippen LogP contribution in [0.2, 0.25) is 0 Å². The molecule has 0 bridgehead atoms. The smallest absolute Gasteiger partial charge is 0.253 e. The first-order chi connectivity index (χ1) is 8.69. The summed E-state index contributed by atoms with van der Waals surface area (Å²) in [4.78, 5) is 25.0. The molecule has 1 N–H and O–H groups in total. The van der Waals surface area contributed by atoms with Crippen LogP contribution in [0.1, 0.15) is 38.1 Å². The minimum atomic E-state index is -0.146. The maximum Gasteiger partial charge on any atom is 0.253 e. The monoisotopic (exact) mass is 262 g/mol. The fraction of sp³-hybridized carbons (Fsp3) is 0.467. The van der Waals surface area contributed by atoms with Crippen molar-refractivity contribution in [2.45, 2.75) is 27.7 Å². The Bertz CT molecular complexity index is 475. The molecule has 0 atom stereocenters. The number of hydrogen-bond acceptors (Lipinski definition) is 2. The second kappa shape index (κ2) is 5.87. The lowest BCUT2D eigenvalue weighted by atomic mass is 9.96. The zero-order valence-corrected chi connectivity index (χ0v) is 12.3. The van der Waals surface area contributed by atoms with Crippen LogP contribution >= 0.6 is 0 Å². The van der Waals surface area contributed by atoms with Gasteiger partial charge in [0.2, 0.25) is 5.91 Å². The van der Waals surface area contributed by atoms with Crippen molar-refractivity contribution < 1.29 is 9.59 Å². The Labute approximate surface area is 114 Å². The van der Waals surface area contributed by atoms with Gasteiger partial charge in [0.05, 0.1) is 0 Å². The molecule has 0 heterocycles. The van der Waals surface area contributed by atoms with Gasteiger partial charge in [0.15, 0.2) is 0 Å². The van der Waals surface area contributed by atoms with E-state index >= 15 is 0 Å². The van der Waals surface area contributed by atoms with E-state index in [0.29, 0.717) is 17.8 Å². The van der Waals surface area contributed by atoms with Crippen LogP contribution in [0.3, 0.4) is 0 Å². The molecule has 0 saturated carbocycles. The number of amides is 2. The number of anilines is 1. The van der Waals surface area contributed by atoms with Gasteiger partial charge in [0.1, 0.15) is 0 Å². The summed E-state index contributed by atoms with van der Waals surface area (Å²) in [6.07, 6.45) is 0. The number of nitrogens with zero attached hydrogens (tertiary/aromatic N) is 1. The molecule has 1 rings (SSSR count). The van der Waals surface area contributed by atoms with Gasteiger partial charge in [-0.15, -0.1) is 0 Å². The molecule has 19 heavy (non-hydrogen) atoms. The number of nitrogens with one attached hydrogen (secondary N) is 1. The van der Waals surface area contributed by atoms with E-state index in [9.17, 15) is 9.59 Å². The Morgan fingerprint density at radius 2 is 1.89 bits per heavy atom. The van der Waals surface area contributed by atoms with Crippen LogP contribution in [0.5, 0.6) is 0 Å². The standard InChI is InChI=1S/C15H22N2O2/c1-11(18)16-13-8-6-7-12(9-13)14(19)17(5)10-15(2,3)4/h6-9H,10H2,1-5H3,(H,16,18). The molecule has 2 amide bonds. The molecule has 1 aromatic rings. The third kappa shape index (κ3) is 5.12. The lowest BCUT2D eigenvalue weighted by Crippen LogP contribution is -2.34. The van der Waals surface area contributed by atoms with Gasteiger partial charge in [-0.1, -0.05) is 26.8 Å². The van der Waals surface area contributed by atoms with Crippen molar-refractivity contribution in [3.63, 3.8) is 0 Å². The zero-order valence-electron chi connectivity index (χ0n) is 12.3. The summed E-state index contributed by atoms with van der Waals surface area (Å²) in [5, 5.41) is 2.68. The second-order valence-electron chi connectivity index (χ2n) is 5.98. The lowest BCUT2D eigenvalue weighted by Gasteiger charge is -2.26. The summed E-state index contributed by atoms with van der Waals surface area (Å²) in [5.41, 5.74) is 1.28. The molecule has 0 aliphatic heterocycles. The van der Waals surface area contributed by atoms with Crippen LogP contribution in [0, 0.1) is 5.41 Å².